The molecule has 1 aromatic heterocycles. The van der Waals surface area contributed by atoms with Crippen LogP contribution >= 0.6 is 0 Å². The van der Waals surface area contributed by atoms with Gasteiger partial charge in [-0.2, -0.15) is 18.3 Å². The number of nitrogens with zero attached hydrogens (tertiary/aromatic N) is 3. The Morgan fingerprint density at radius 2 is 1.76 bits per heavy atom. The molecular weight excluding hydrogens is 283 g/mol. The smallest absolute Gasteiger partial charge is 0.339 e. The van der Waals surface area contributed by atoms with Crippen molar-refractivity contribution < 1.29 is 18.0 Å². The molecule has 0 aliphatic carbocycles. The van der Waals surface area contributed by atoms with Gasteiger partial charge in [0.25, 0.3) is 5.91 Å². The summed E-state index contributed by atoms with van der Waals surface area (Å²) in [6, 6.07) is 7.29. The molecule has 0 spiro atoms. The second-order valence-corrected chi connectivity index (χ2v) is 4.84. The molecule has 0 bridgehead atoms. The lowest BCUT2D eigenvalue weighted by molar-refractivity contribution is -0.141. The summed E-state index contributed by atoms with van der Waals surface area (Å²) >= 11 is 0. The molecule has 110 valence electrons. The van der Waals surface area contributed by atoms with Gasteiger partial charge < -0.3 is 4.90 Å². The Balaban J connectivity index is 1.80. The molecule has 0 unspecified atom stereocenters. The Labute approximate surface area is 118 Å². The van der Waals surface area contributed by atoms with Gasteiger partial charge in [-0.3, -0.25) is 4.79 Å². The highest BCUT2D eigenvalue weighted by Gasteiger charge is 2.33. The van der Waals surface area contributed by atoms with Gasteiger partial charge in [-0.15, -0.1) is 0 Å². The molecule has 0 radical (unpaired) electrons. The number of rotatable bonds is 2. The van der Waals surface area contributed by atoms with E-state index in [4.69, 9.17) is 0 Å². The highest BCUT2D eigenvalue weighted by atomic mass is 19.4. The van der Waals surface area contributed by atoms with Crippen molar-refractivity contribution in [1.29, 1.82) is 0 Å². The van der Waals surface area contributed by atoms with Crippen LogP contribution in [0.3, 0.4) is 0 Å². The Kier molecular flexibility index (Phi) is 3.19. The Bertz CT molecular complexity index is 657. The zero-order valence-corrected chi connectivity index (χ0v) is 11.0. The monoisotopic (exact) mass is 295 g/mol. The lowest BCUT2D eigenvalue weighted by atomic mass is 10.1. The molecule has 1 aromatic carbocycles. The van der Waals surface area contributed by atoms with E-state index >= 15 is 0 Å². The summed E-state index contributed by atoms with van der Waals surface area (Å²) in [7, 11) is 0. The number of aromatic nitrogens is 2. The van der Waals surface area contributed by atoms with Crippen molar-refractivity contribution in [2.45, 2.75) is 12.6 Å². The molecule has 2 aromatic rings. The zero-order valence-electron chi connectivity index (χ0n) is 11.0. The maximum absolute atomic E-state index is 12.5. The molecule has 1 fully saturated rings. The fourth-order valence-corrected chi connectivity index (χ4v) is 2.08. The summed E-state index contributed by atoms with van der Waals surface area (Å²) in [5.74, 6) is -0.0516. The normalized spacial score (nSPS) is 14.9. The van der Waals surface area contributed by atoms with Crippen LogP contribution in [0, 0.1) is 0 Å². The number of alkyl halides is 3. The fourth-order valence-electron chi connectivity index (χ4n) is 2.08. The van der Waals surface area contributed by atoms with Gasteiger partial charge in [-0.1, -0.05) is 0 Å². The molecule has 21 heavy (non-hydrogen) atoms. The number of benzene rings is 1. The molecule has 0 N–H and O–H groups in total. The molecule has 1 aliphatic rings. The molecule has 3 rings (SSSR count). The van der Waals surface area contributed by atoms with Crippen molar-refractivity contribution in [1.82, 2.24) is 14.7 Å². The average molecular weight is 295 g/mol. The lowest BCUT2D eigenvalue weighted by Gasteiger charge is -2.30. The SMILES string of the molecule is O=C(c1ccc(-n2ccc(C(F)(F)F)n2)cc1)N1CCC1. The topological polar surface area (TPSA) is 38.1 Å². The van der Waals surface area contributed by atoms with E-state index in [-0.39, 0.29) is 5.91 Å². The van der Waals surface area contributed by atoms with Crippen molar-refractivity contribution in [2.24, 2.45) is 0 Å². The van der Waals surface area contributed by atoms with Crippen LogP contribution in [0.2, 0.25) is 0 Å². The first-order chi connectivity index (χ1) is 9.95. The van der Waals surface area contributed by atoms with Gasteiger partial charge in [-0.25, -0.2) is 4.68 Å². The molecule has 1 saturated heterocycles. The van der Waals surface area contributed by atoms with Gasteiger partial charge in [0.1, 0.15) is 0 Å². The van der Waals surface area contributed by atoms with Crippen molar-refractivity contribution in [3.8, 4) is 5.69 Å². The fraction of sp³-hybridized carbons (Fsp3) is 0.286. The van der Waals surface area contributed by atoms with Crippen LogP contribution in [-0.4, -0.2) is 33.7 Å². The van der Waals surface area contributed by atoms with Crippen molar-refractivity contribution in [3.63, 3.8) is 0 Å². The number of likely N-dealkylation sites (tertiary alicyclic amines) is 1. The second-order valence-electron chi connectivity index (χ2n) is 4.84. The first kappa shape index (κ1) is 13.7. The number of carbonyl (C=O) groups is 1. The third-order valence-electron chi connectivity index (χ3n) is 3.40. The molecule has 4 nitrogen and oxygen atoms in total. The number of carbonyl (C=O) groups excluding carboxylic acids is 1. The van der Waals surface area contributed by atoms with Crippen LogP contribution in [-0.2, 0) is 6.18 Å². The predicted octanol–water partition coefficient (Wildman–Crippen LogP) is 2.74. The summed E-state index contributed by atoms with van der Waals surface area (Å²) in [4.78, 5) is 13.7. The molecule has 0 atom stereocenters. The van der Waals surface area contributed by atoms with Crippen molar-refractivity contribution in [2.75, 3.05) is 13.1 Å². The minimum absolute atomic E-state index is 0.0516. The van der Waals surface area contributed by atoms with Crippen LogP contribution < -0.4 is 0 Å². The quantitative estimate of drug-likeness (QED) is 0.854. The van der Waals surface area contributed by atoms with E-state index in [1.807, 2.05) is 0 Å². The summed E-state index contributed by atoms with van der Waals surface area (Å²) < 4.78 is 38.6. The number of hydrogen-bond donors (Lipinski definition) is 0. The molecule has 1 amide bonds. The highest BCUT2D eigenvalue weighted by Crippen LogP contribution is 2.27. The maximum atomic E-state index is 12.5. The van der Waals surface area contributed by atoms with Gasteiger partial charge in [-0.05, 0) is 36.8 Å². The molecule has 7 heteroatoms. The van der Waals surface area contributed by atoms with Gasteiger partial charge in [0.2, 0.25) is 0 Å². The number of halogens is 3. The Morgan fingerprint density at radius 3 is 2.24 bits per heavy atom. The zero-order chi connectivity index (χ0) is 15.0. The molecular formula is C14H12F3N3O. The second kappa shape index (κ2) is 4.91. The third-order valence-corrected chi connectivity index (χ3v) is 3.40. The van der Waals surface area contributed by atoms with E-state index in [0.29, 0.717) is 11.3 Å². The number of hydrogen-bond acceptors (Lipinski definition) is 2. The third kappa shape index (κ3) is 2.63. The minimum atomic E-state index is -4.46. The summed E-state index contributed by atoms with van der Waals surface area (Å²) in [5, 5.41) is 3.49. The van der Waals surface area contributed by atoms with E-state index < -0.39 is 11.9 Å². The Hall–Kier alpha value is -2.31. The minimum Gasteiger partial charge on any atom is -0.339 e. The van der Waals surface area contributed by atoms with E-state index in [2.05, 4.69) is 5.10 Å². The van der Waals surface area contributed by atoms with Gasteiger partial charge >= 0.3 is 6.18 Å². The van der Waals surface area contributed by atoms with Crippen molar-refractivity contribution >= 4 is 5.91 Å². The summed E-state index contributed by atoms with van der Waals surface area (Å²) in [6.07, 6.45) is -2.20. The van der Waals surface area contributed by atoms with Gasteiger partial charge in [0.05, 0.1) is 5.69 Å². The van der Waals surface area contributed by atoms with Crippen LogP contribution in [0.5, 0.6) is 0 Å². The lowest BCUT2D eigenvalue weighted by Crippen LogP contribution is -2.41. The summed E-state index contributed by atoms with van der Waals surface area (Å²) in [5.41, 5.74) is 0.0653. The maximum Gasteiger partial charge on any atom is 0.435 e. The summed E-state index contributed by atoms with van der Waals surface area (Å²) in [6.45, 7) is 1.52. The molecule has 0 saturated carbocycles. The van der Waals surface area contributed by atoms with E-state index in [0.717, 1.165) is 30.3 Å². The molecule has 1 aliphatic heterocycles. The van der Waals surface area contributed by atoms with Crippen molar-refractivity contribution in [3.05, 3.63) is 47.8 Å². The van der Waals surface area contributed by atoms with Crippen LogP contribution in [0.1, 0.15) is 22.5 Å². The van der Waals surface area contributed by atoms with Crippen LogP contribution in [0.15, 0.2) is 36.5 Å². The first-order valence-electron chi connectivity index (χ1n) is 6.48. The van der Waals surface area contributed by atoms with E-state index in [1.165, 1.54) is 6.20 Å². The average Bonchev–Trinajstić information content (AvgIpc) is 2.86. The first-order valence-corrected chi connectivity index (χ1v) is 6.48. The van der Waals surface area contributed by atoms with Gasteiger partial charge in [0, 0.05) is 24.8 Å². The number of amides is 1. The predicted molar refractivity (Wildman–Crippen MR) is 69.1 cm³/mol. The van der Waals surface area contributed by atoms with Crippen LogP contribution in [0.4, 0.5) is 13.2 Å². The molecule has 2 heterocycles. The standard InChI is InChI=1S/C14H12F3N3O/c15-14(16,17)12-6-9-20(18-12)11-4-2-10(3-5-11)13(21)19-7-1-8-19/h2-6,9H,1,7-8H2. The van der Waals surface area contributed by atoms with E-state index in [1.54, 1.807) is 29.2 Å². The van der Waals surface area contributed by atoms with E-state index in [9.17, 15) is 18.0 Å². The Morgan fingerprint density at radius 1 is 1.10 bits per heavy atom. The highest BCUT2D eigenvalue weighted by molar-refractivity contribution is 5.94. The van der Waals surface area contributed by atoms with Crippen LogP contribution in [0.25, 0.3) is 5.69 Å². The van der Waals surface area contributed by atoms with Gasteiger partial charge in [0.15, 0.2) is 5.69 Å². The largest absolute Gasteiger partial charge is 0.435 e.